The topological polar surface area (TPSA) is 79.7 Å². The zero-order valence-corrected chi connectivity index (χ0v) is 19.6. The van der Waals surface area contributed by atoms with E-state index >= 15 is 0 Å². The van der Waals surface area contributed by atoms with Gasteiger partial charge in [-0.3, -0.25) is 0 Å². The summed E-state index contributed by atoms with van der Waals surface area (Å²) in [7, 11) is 4.93. The molecule has 0 spiro atoms. The molecule has 3 heterocycles. The predicted molar refractivity (Wildman–Crippen MR) is 131 cm³/mol. The Labute approximate surface area is 202 Å². The summed E-state index contributed by atoms with van der Waals surface area (Å²) in [6.45, 7) is 0. The highest BCUT2D eigenvalue weighted by Gasteiger charge is 2.42. The second kappa shape index (κ2) is 8.39. The number of para-hydroxylation sites is 2. The van der Waals surface area contributed by atoms with E-state index in [4.69, 9.17) is 18.9 Å². The second-order valence-corrected chi connectivity index (χ2v) is 8.24. The molecule has 1 N–H and O–H groups in total. The molecule has 1 aromatic heterocycles. The van der Waals surface area contributed by atoms with Crippen LogP contribution in [0.4, 0.5) is 5.95 Å². The van der Waals surface area contributed by atoms with Gasteiger partial charge in [-0.1, -0.05) is 36.4 Å². The number of hydrogen-bond acceptors (Lipinski definition) is 7. The first-order valence-corrected chi connectivity index (χ1v) is 11.2. The van der Waals surface area contributed by atoms with Crippen molar-refractivity contribution in [3.8, 4) is 23.0 Å². The van der Waals surface area contributed by atoms with Gasteiger partial charge in [-0.25, -0.2) is 4.68 Å². The minimum absolute atomic E-state index is 0.313. The standard InChI is InChI=1S/C27H24N4O4/c1-32-19-10-6-5-9-18(19)26-23-24(17-8-4-7-11-20(17)35-26)30-27-28-15-29-31(27)25(23)16-12-13-21(33-2)22(14-16)34-3/h4-15,25-26H,1-3H3,(H,28,29,30). The van der Waals surface area contributed by atoms with E-state index in [0.717, 1.165) is 39.5 Å². The molecule has 0 bridgehead atoms. The molecule has 0 radical (unpaired) electrons. The number of benzene rings is 3. The number of anilines is 1. The second-order valence-electron chi connectivity index (χ2n) is 8.24. The maximum atomic E-state index is 6.68. The summed E-state index contributed by atoms with van der Waals surface area (Å²) in [5.74, 6) is 3.48. The molecule has 8 heteroatoms. The Morgan fingerprint density at radius 2 is 1.63 bits per heavy atom. The van der Waals surface area contributed by atoms with Crippen molar-refractivity contribution in [3.63, 3.8) is 0 Å². The normalized spacial score (nSPS) is 17.9. The van der Waals surface area contributed by atoms with Gasteiger partial charge in [0.1, 0.15) is 23.9 Å². The molecule has 0 fully saturated rings. The number of aromatic nitrogens is 3. The summed E-state index contributed by atoms with van der Waals surface area (Å²) in [5.41, 5.74) is 4.80. The van der Waals surface area contributed by atoms with Crippen molar-refractivity contribution in [1.29, 1.82) is 0 Å². The first-order chi connectivity index (χ1) is 17.2. The predicted octanol–water partition coefficient (Wildman–Crippen LogP) is 4.86. The van der Waals surface area contributed by atoms with Crippen molar-refractivity contribution < 1.29 is 18.9 Å². The van der Waals surface area contributed by atoms with Crippen LogP contribution < -0.4 is 24.3 Å². The highest BCUT2D eigenvalue weighted by molar-refractivity contribution is 5.85. The molecule has 0 aliphatic carbocycles. The van der Waals surface area contributed by atoms with Crippen LogP contribution in [0.5, 0.6) is 23.0 Å². The summed E-state index contributed by atoms with van der Waals surface area (Å²) >= 11 is 0. The molecule has 2 aliphatic heterocycles. The van der Waals surface area contributed by atoms with Crippen molar-refractivity contribution in [2.24, 2.45) is 0 Å². The van der Waals surface area contributed by atoms with Gasteiger partial charge in [-0.05, 0) is 35.9 Å². The van der Waals surface area contributed by atoms with Gasteiger partial charge in [0, 0.05) is 16.7 Å². The number of nitrogens with zero attached hydrogens (tertiary/aromatic N) is 3. The van der Waals surface area contributed by atoms with E-state index in [0.29, 0.717) is 17.4 Å². The van der Waals surface area contributed by atoms with Gasteiger partial charge in [0.15, 0.2) is 17.6 Å². The fourth-order valence-electron chi connectivity index (χ4n) is 4.90. The lowest BCUT2D eigenvalue weighted by Gasteiger charge is -2.39. The van der Waals surface area contributed by atoms with Crippen LogP contribution in [0, 0.1) is 0 Å². The van der Waals surface area contributed by atoms with E-state index in [9.17, 15) is 0 Å². The molecule has 3 aromatic carbocycles. The molecular weight excluding hydrogens is 444 g/mol. The molecular formula is C27H24N4O4. The smallest absolute Gasteiger partial charge is 0.226 e. The first kappa shape index (κ1) is 21.1. The molecule has 2 aliphatic rings. The largest absolute Gasteiger partial charge is 0.496 e. The van der Waals surface area contributed by atoms with Gasteiger partial charge in [0.05, 0.1) is 27.0 Å². The lowest BCUT2D eigenvalue weighted by Crippen LogP contribution is -2.32. The molecule has 4 aromatic rings. The maximum absolute atomic E-state index is 6.68. The number of fused-ring (bicyclic) bond motifs is 3. The SMILES string of the molecule is COc1ccc(C2C3=C(Nc4ncnn42)c2ccccc2OC3c2ccccc2OC)cc1OC. The van der Waals surface area contributed by atoms with Crippen molar-refractivity contribution in [3.05, 3.63) is 95.3 Å². The van der Waals surface area contributed by atoms with Gasteiger partial charge < -0.3 is 24.3 Å². The molecule has 0 saturated heterocycles. The van der Waals surface area contributed by atoms with E-state index in [2.05, 4.69) is 15.4 Å². The third-order valence-electron chi connectivity index (χ3n) is 6.47. The molecule has 35 heavy (non-hydrogen) atoms. The van der Waals surface area contributed by atoms with Crippen LogP contribution in [0.3, 0.4) is 0 Å². The average Bonchev–Trinajstić information content (AvgIpc) is 3.39. The zero-order chi connectivity index (χ0) is 23.9. The molecule has 6 rings (SSSR count). The summed E-state index contributed by atoms with van der Waals surface area (Å²) in [4.78, 5) is 4.49. The highest BCUT2D eigenvalue weighted by atomic mass is 16.5. The third-order valence-corrected chi connectivity index (χ3v) is 6.47. The average molecular weight is 469 g/mol. The van der Waals surface area contributed by atoms with Gasteiger partial charge in [0.25, 0.3) is 0 Å². The minimum atomic E-state index is -0.431. The Morgan fingerprint density at radius 1 is 0.857 bits per heavy atom. The van der Waals surface area contributed by atoms with Crippen LogP contribution in [0.15, 0.2) is 78.6 Å². The Balaban J connectivity index is 1.63. The van der Waals surface area contributed by atoms with E-state index < -0.39 is 6.10 Å². The lowest BCUT2D eigenvalue weighted by molar-refractivity contribution is 0.217. The number of methoxy groups -OCH3 is 3. The van der Waals surface area contributed by atoms with Crippen molar-refractivity contribution in [1.82, 2.24) is 14.8 Å². The van der Waals surface area contributed by atoms with Crippen LogP contribution >= 0.6 is 0 Å². The highest BCUT2D eigenvalue weighted by Crippen LogP contribution is 2.52. The summed E-state index contributed by atoms with van der Waals surface area (Å²) < 4.78 is 25.4. The number of nitrogens with one attached hydrogen (secondary N) is 1. The molecule has 0 saturated carbocycles. The van der Waals surface area contributed by atoms with Crippen LogP contribution in [-0.2, 0) is 0 Å². The quantitative estimate of drug-likeness (QED) is 0.448. The number of hydrogen-bond donors (Lipinski definition) is 1. The maximum Gasteiger partial charge on any atom is 0.226 e. The third kappa shape index (κ3) is 3.29. The van der Waals surface area contributed by atoms with Crippen LogP contribution in [0.2, 0.25) is 0 Å². The number of ether oxygens (including phenoxy) is 4. The lowest BCUT2D eigenvalue weighted by atomic mass is 9.84. The summed E-state index contributed by atoms with van der Waals surface area (Å²) in [6.07, 6.45) is 1.12. The van der Waals surface area contributed by atoms with Crippen molar-refractivity contribution in [2.75, 3.05) is 26.6 Å². The van der Waals surface area contributed by atoms with Gasteiger partial charge in [-0.15, -0.1) is 0 Å². The molecule has 0 amide bonds. The Bertz CT molecular complexity index is 1440. The van der Waals surface area contributed by atoms with E-state index in [1.807, 2.05) is 71.4 Å². The van der Waals surface area contributed by atoms with Crippen LogP contribution in [0.1, 0.15) is 28.8 Å². The minimum Gasteiger partial charge on any atom is -0.496 e. The molecule has 2 unspecified atom stereocenters. The Hall–Kier alpha value is -4.46. The van der Waals surface area contributed by atoms with Gasteiger partial charge in [-0.2, -0.15) is 10.1 Å². The van der Waals surface area contributed by atoms with Crippen LogP contribution in [0.25, 0.3) is 5.70 Å². The first-order valence-electron chi connectivity index (χ1n) is 11.2. The van der Waals surface area contributed by atoms with E-state index in [1.54, 1.807) is 27.7 Å². The van der Waals surface area contributed by atoms with Crippen molar-refractivity contribution >= 4 is 11.6 Å². The molecule has 176 valence electrons. The fourth-order valence-corrected chi connectivity index (χ4v) is 4.90. The summed E-state index contributed by atoms with van der Waals surface area (Å²) in [6, 6.07) is 21.5. The molecule has 8 nitrogen and oxygen atoms in total. The van der Waals surface area contributed by atoms with E-state index in [-0.39, 0.29) is 6.04 Å². The van der Waals surface area contributed by atoms with E-state index in [1.165, 1.54) is 0 Å². The zero-order valence-electron chi connectivity index (χ0n) is 19.6. The van der Waals surface area contributed by atoms with Gasteiger partial charge >= 0.3 is 0 Å². The number of rotatable bonds is 5. The fraction of sp³-hybridized carbons (Fsp3) is 0.185. The Morgan fingerprint density at radius 3 is 2.46 bits per heavy atom. The molecule has 2 atom stereocenters. The Kier molecular flexibility index (Phi) is 5.06. The van der Waals surface area contributed by atoms with Crippen LogP contribution in [-0.4, -0.2) is 36.1 Å². The van der Waals surface area contributed by atoms with Gasteiger partial charge in [0.2, 0.25) is 5.95 Å². The van der Waals surface area contributed by atoms with Crippen molar-refractivity contribution in [2.45, 2.75) is 12.1 Å². The monoisotopic (exact) mass is 468 g/mol. The summed E-state index contributed by atoms with van der Waals surface area (Å²) in [5, 5.41) is 8.10.